The molecule has 3 aromatic heterocycles. The molecule has 0 saturated carbocycles. The second-order valence-electron chi connectivity index (χ2n) is 8.19. The molecule has 0 aromatic carbocycles. The number of nitrogens with zero attached hydrogens (tertiary/aromatic N) is 7. The van der Waals surface area contributed by atoms with E-state index >= 15 is 0 Å². The quantitative estimate of drug-likeness (QED) is 0.657. The fourth-order valence-corrected chi connectivity index (χ4v) is 5.42. The first-order chi connectivity index (χ1) is 14.2. The number of piperidine rings is 2. The molecule has 8 nitrogen and oxygen atoms in total. The molecule has 9 heteroatoms. The lowest BCUT2D eigenvalue weighted by Gasteiger charge is -2.32. The third kappa shape index (κ3) is 3.57. The van der Waals surface area contributed by atoms with Gasteiger partial charge in [-0.05, 0) is 38.6 Å². The minimum absolute atomic E-state index is 0.0949. The van der Waals surface area contributed by atoms with E-state index in [4.69, 9.17) is 4.98 Å². The SMILES string of the molecule is Cn1cnnc1[C@@H]1CCCN(Cc2c(C(=O)N3CCCCC3)nc3sccn23)C1. The Kier molecular flexibility index (Phi) is 5.09. The van der Waals surface area contributed by atoms with Gasteiger partial charge in [0.25, 0.3) is 5.91 Å². The van der Waals surface area contributed by atoms with Crippen LogP contribution in [-0.4, -0.2) is 66.0 Å². The molecule has 29 heavy (non-hydrogen) atoms. The second-order valence-corrected chi connectivity index (χ2v) is 9.06. The summed E-state index contributed by atoms with van der Waals surface area (Å²) in [6.45, 7) is 4.40. The van der Waals surface area contributed by atoms with Crippen LogP contribution in [0.2, 0.25) is 0 Å². The highest BCUT2D eigenvalue weighted by Gasteiger charge is 2.29. The summed E-state index contributed by atoms with van der Waals surface area (Å²) >= 11 is 1.59. The number of carbonyl (C=O) groups is 1. The lowest BCUT2D eigenvalue weighted by Crippen LogP contribution is -2.38. The molecule has 2 fully saturated rings. The summed E-state index contributed by atoms with van der Waals surface area (Å²) in [5.74, 6) is 1.52. The van der Waals surface area contributed by atoms with Crippen molar-refractivity contribution < 1.29 is 4.79 Å². The standard InChI is InChI=1S/C20H27N7OS/c1-24-14-21-23-18(24)15-6-5-7-25(12-15)13-16-17(22-20-27(16)10-11-29-20)19(28)26-8-3-2-4-9-26/h10-11,14-15H,2-9,12-13H2,1H3/t15-/m1/s1. The van der Waals surface area contributed by atoms with Crippen LogP contribution in [0, 0.1) is 0 Å². The summed E-state index contributed by atoms with van der Waals surface area (Å²) in [5.41, 5.74) is 1.66. The molecule has 5 rings (SSSR count). The van der Waals surface area contributed by atoms with Crippen LogP contribution in [0.3, 0.4) is 0 Å². The van der Waals surface area contributed by atoms with Crippen LogP contribution in [0.4, 0.5) is 0 Å². The molecule has 154 valence electrons. The number of hydrogen-bond donors (Lipinski definition) is 0. The Hall–Kier alpha value is -2.26. The summed E-state index contributed by atoms with van der Waals surface area (Å²) in [4.78, 5) is 23.3. The third-order valence-electron chi connectivity index (χ3n) is 6.20. The van der Waals surface area contributed by atoms with Crippen LogP contribution in [0.5, 0.6) is 0 Å². The number of hydrogen-bond acceptors (Lipinski definition) is 6. The fraction of sp³-hybridized carbons (Fsp3) is 0.600. The molecule has 2 aliphatic heterocycles. The van der Waals surface area contributed by atoms with E-state index in [1.807, 2.05) is 28.1 Å². The lowest BCUT2D eigenvalue weighted by atomic mass is 9.97. The number of fused-ring (bicyclic) bond motifs is 1. The molecule has 2 saturated heterocycles. The molecular weight excluding hydrogens is 386 g/mol. The van der Waals surface area contributed by atoms with Gasteiger partial charge in [0, 0.05) is 50.7 Å². The maximum Gasteiger partial charge on any atom is 0.274 e. The van der Waals surface area contributed by atoms with Gasteiger partial charge in [-0.2, -0.15) is 0 Å². The Morgan fingerprint density at radius 1 is 1.21 bits per heavy atom. The first kappa shape index (κ1) is 18.7. The number of imidazole rings is 1. The molecule has 1 atom stereocenters. The number of rotatable bonds is 4. The zero-order valence-corrected chi connectivity index (χ0v) is 17.6. The summed E-state index contributed by atoms with van der Waals surface area (Å²) in [6.07, 6.45) is 9.46. The number of likely N-dealkylation sites (tertiary alicyclic amines) is 2. The second kappa shape index (κ2) is 7.87. The van der Waals surface area contributed by atoms with Crippen molar-refractivity contribution in [2.75, 3.05) is 26.2 Å². The molecule has 0 spiro atoms. The van der Waals surface area contributed by atoms with Crippen molar-refractivity contribution in [2.24, 2.45) is 7.05 Å². The maximum absolute atomic E-state index is 13.2. The topological polar surface area (TPSA) is 71.6 Å². The van der Waals surface area contributed by atoms with E-state index < -0.39 is 0 Å². The smallest absolute Gasteiger partial charge is 0.274 e. The molecule has 0 N–H and O–H groups in total. The van der Waals surface area contributed by atoms with E-state index in [-0.39, 0.29) is 5.91 Å². The van der Waals surface area contributed by atoms with Gasteiger partial charge >= 0.3 is 0 Å². The van der Waals surface area contributed by atoms with E-state index in [2.05, 4.69) is 19.5 Å². The predicted octanol–water partition coefficient (Wildman–Crippen LogP) is 2.53. The van der Waals surface area contributed by atoms with Gasteiger partial charge in [0.15, 0.2) is 10.7 Å². The van der Waals surface area contributed by atoms with Gasteiger partial charge in [-0.3, -0.25) is 14.1 Å². The lowest BCUT2D eigenvalue weighted by molar-refractivity contribution is 0.0716. The average Bonchev–Trinajstić information content (AvgIpc) is 3.46. The number of aromatic nitrogens is 5. The largest absolute Gasteiger partial charge is 0.337 e. The van der Waals surface area contributed by atoms with E-state index in [0.29, 0.717) is 11.6 Å². The van der Waals surface area contributed by atoms with Crippen molar-refractivity contribution in [1.82, 2.24) is 33.9 Å². The van der Waals surface area contributed by atoms with Crippen molar-refractivity contribution in [1.29, 1.82) is 0 Å². The average molecular weight is 414 g/mol. The number of amides is 1. The Balaban J connectivity index is 1.40. The molecule has 2 aliphatic rings. The Morgan fingerprint density at radius 3 is 2.86 bits per heavy atom. The van der Waals surface area contributed by atoms with Crippen LogP contribution in [-0.2, 0) is 13.6 Å². The molecule has 1 amide bonds. The van der Waals surface area contributed by atoms with Crippen molar-refractivity contribution >= 4 is 22.2 Å². The van der Waals surface area contributed by atoms with Gasteiger partial charge < -0.3 is 9.47 Å². The first-order valence-electron chi connectivity index (χ1n) is 10.5. The Labute approximate surface area is 174 Å². The van der Waals surface area contributed by atoms with Gasteiger partial charge in [-0.25, -0.2) is 4.98 Å². The van der Waals surface area contributed by atoms with Crippen LogP contribution < -0.4 is 0 Å². The summed E-state index contributed by atoms with van der Waals surface area (Å²) in [5, 5.41) is 10.4. The van der Waals surface area contributed by atoms with Crippen LogP contribution >= 0.6 is 11.3 Å². The van der Waals surface area contributed by atoms with Gasteiger partial charge in [0.05, 0.1) is 5.69 Å². The highest BCUT2D eigenvalue weighted by Crippen LogP contribution is 2.28. The van der Waals surface area contributed by atoms with Gasteiger partial charge in [-0.15, -0.1) is 21.5 Å². The maximum atomic E-state index is 13.2. The monoisotopic (exact) mass is 413 g/mol. The zero-order valence-electron chi connectivity index (χ0n) is 16.8. The van der Waals surface area contributed by atoms with Gasteiger partial charge in [-0.1, -0.05) is 0 Å². The molecule has 0 aliphatic carbocycles. The highest BCUT2D eigenvalue weighted by molar-refractivity contribution is 7.15. The summed E-state index contributed by atoms with van der Waals surface area (Å²) in [7, 11) is 2.01. The van der Waals surface area contributed by atoms with Gasteiger partial charge in [0.2, 0.25) is 0 Å². The molecule has 0 radical (unpaired) electrons. The number of thiazole rings is 1. The molecule has 0 bridgehead atoms. The minimum Gasteiger partial charge on any atom is -0.337 e. The van der Waals surface area contributed by atoms with Crippen LogP contribution in [0.15, 0.2) is 17.9 Å². The Morgan fingerprint density at radius 2 is 2.07 bits per heavy atom. The van der Waals surface area contributed by atoms with Crippen molar-refractivity contribution in [3.8, 4) is 0 Å². The zero-order chi connectivity index (χ0) is 19.8. The minimum atomic E-state index is 0.0949. The number of carbonyl (C=O) groups excluding carboxylic acids is 1. The molecule has 3 aromatic rings. The molecule has 0 unspecified atom stereocenters. The summed E-state index contributed by atoms with van der Waals surface area (Å²) < 4.78 is 4.13. The van der Waals surface area contributed by atoms with Gasteiger partial charge in [0.1, 0.15) is 12.2 Å². The fourth-order valence-electron chi connectivity index (χ4n) is 4.69. The normalized spacial score (nSPS) is 21.1. The highest BCUT2D eigenvalue weighted by atomic mass is 32.1. The van der Waals surface area contributed by atoms with E-state index in [9.17, 15) is 4.79 Å². The van der Waals surface area contributed by atoms with E-state index in [1.54, 1.807) is 17.7 Å². The molecular formula is C20H27N7OS. The first-order valence-corrected chi connectivity index (χ1v) is 11.4. The number of aryl methyl sites for hydroxylation is 1. The van der Waals surface area contributed by atoms with E-state index in [1.165, 1.54) is 6.42 Å². The van der Waals surface area contributed by atoms with Crippen molar-refractivity contribution in [2.45, 2.75) is 44.6 Å². The predicted molar refractivity (Wildman–Crippen MR) is 111 cm³/mol. The van der Waals surface area contributed by atoms with Crippen molar-refractivity contribution in [3.05, 3.63) is 35.1 Å². The van der Waals surface area contributed by atoms with Crippen LogP contribution in [0.25, 0.3) is 4.96 Å². The van der Waals surface area contributed by atoms with Crippen LogP contribution in [0.1, 0.15) is 60.0 Å². The summed E-state index contributed by atoms with van der Waals surface area (Å²) in [6, 6.07) is 0. The third-order valence-corrected chi connectivity index (χ3v) is 6.95. The van der Waals surface area contributed by atoms with E-state index in [0.717, 1.165) is 74.9 Å². The van der Waals surface area contributed by atoms with Crippen molar-refractivity contribution in [3.63, 3.8) is 0 Å². The Bertz CT molecular complexity index is 1000. The molecule has 5 heterocycles.